The summed E-state index contributed by atoms with van der Waals surface area (Å²) in [6, 6.07) is 5.39. The summed E-state index contributed by atoms with van der Waals surface area (Å²) in [5.41, 5.74) is 5.85. The zero-order valence-corrected chi connectivity index (χ0v) is 11.7. The van der Waals surface area contributed by atoms with Gasteiger partial charge in [0.15, 0.2) is 0 Å². The number of aliphatic hydroxyl groups is 1. The molecule has 0 aliphatic rings. The van der Waals surface area contributed by atoms with Crippen LogP contribution in [0.2, 0.25) is 0 Å². The highest BCUT2D eigenvalue weighted by atomic mass is 16.5. The quantitative estimate of drug-likeness (QED) is 0.547. The van der Waals surface area contributed by atoms with Crippen molar-refractivity contribution in [1.29, 1.82) is 0 Å². The lowest BCUT2D eigenvalue weighted by molar-refractivity contribution is -0.0982. The highest BCUT2D eigenvalue weighted by Gasteiger charge is 2.39. The third-order valence-corrected chi connectivity index (χ3v) is 3.50. The first-order valence-electron chi connectivity index (χ1n) is 5.99. The molecule has 0 bridgehead atoms. The number of anilines is 1. The standard InChI is InChI=1S/C13H22BNO3/c1-9-7-6-8-10(11(9)15)14(17)18-13(4,5)12(2,3)16/h6-8,16-17H,15H2,1-5H3. The van der Waals surface area contributed by atoms with E-state index < -0.39 is 18.3 Å². The van der Waals surface area contributed by atoms with Crippen LogP contribution in [0.5, 0.6) is 0 Å². The predicted molar refractivity (Wildman–Crippen MR) is 74.7 cm³/mol. The second-order valence-electron chi connectivity index (χ2n) is 5.62. The van der Waals surface area contributed by atoms with Crippen molar-refractivity contribution < 1.29 is 14.8 Å². The first-order chi connectivity index (χ1) is 8.06. The largest absolute Gasteiger partial charge is 0.493 e. The van der Waals surface area contributed by atoms with Gasteiger partial charge in [-0.2, -0.15) is 0 Å². The van der Waals surface area contributed by atoms with Crippen LogP contribution >= 0.6 is 0 Å². The Bertz CT molecular complexity index is 427. The molecular weight excluding hydrogens is 229 g/mol. The Balaban J connectivity index is 2.96. The molecule has 18 heavy (non-hydrogen) atoms. The van der Waals surface area contributed by atoms with Crippen molar-refractivity contribution in [2.24, 2.45) is 0 Å². The lowest BCUT2D eigenvalue weighted by Crippen LogP contribution is -2.53. The number of nitrogen functional groups attached to an aromatic ring is 1. The molecule has 5 heteroatoms. The smallest absolute Gasteiger partial charge is 0.423 e. The van der Waals surface area contributed by atoms with Crippen LogP contribution in [0.3, 0.4) is 0 Å². The van der Waals surface area contributed by atoms with Crippen molar-refractivity contribution in [2.75, 3.05) is 5.73 Å². The van der Waals surface area contributed by atoms with Crippen molar-refractivity contribution in [2.45, 2.75) is 45.8 Å². The molecule has 1 aromatic carbocycles. The predicted octanol–water partition coefficient (Wildman–Crippen LogP) is 0.831. The van der Waals surface area contributed by atoms with Gasteiger partial charge in [0.25, 0.3) is 0 Å². The Morgan fingerprint density at radius 2 is 1.78 bits per heavy atom. The van der Waals surface area contributed by atoms with E-state index in [0.29, 0.717) is 11.2 Å². The van der Waals surface area contributed by atoms with Gasteiger partial charge in [0.1, 0.15) is 0 Å². The Morgan fingerprint density at radius 1 is 1.22 bits per heavy atom. The topological polar surface area (TPSA) is 75.7 Å². The van der Waals surface area contributed by atoms with E-state index in [4.69, 9.17) is 10.4 Å². The number of aryl methyl sites for hydroxylation is 1. The summed E-state index contributed by atoms with van der Waals surface area (Å²) in [5, 5.41) is 20.1. The second kappa shape index (κ2) is 4.92. The molecule has 4 nitrogen and oxygen atoms in total. The molecule has 0 saturated carbocycles. The van der Waals surface area contributed by atoms with E-state index >= 15 is 0 Å². The molecule has 0 spiro atoms. The summed E-state index contributed by atoms with van der Waals surface area (Å²) < 4.78 is 5.55. The van der Waals surface area contributed by atoms with Crippen molar-refractivity contribution in [1.82, 2.24) is 0 Å². The van der Waals surface area contributed by atoms with E-state index in [2.05, 4.69) is 0 Å². The molecule has 4 N–H and O–H groups in total. The maximum Gasteiger partial charge on any atom is 0.493 e. The van der Waals surface area contributed by atoms with Crippen LogP contribution in [0, 0.1) is 6.92 Å². The van der Waals surface area contributed by atoms with Gasteiger partial charge in [-0.1, -0.05) is 18.2 Å². The number of para-hydroxylation sites is 1. The van der Waals surface area contributed by atoms with E-state index in [1.807, 2.05) is 19.1 Å². The van der Waals surface area contributed by atoms with Gasteiger partial charge < -0.3 is 20.5 Å². The van der Waals surface area contributed by atoms with Gasteiger partial charge in [-0.3, -0.25) is 0 Å². The Labute approximate surface area is 109 Å². The van der Waals surface area contributed by atoms with E-state index in [9.17, 15) is 10.1 Å². The highest BCUT2D eigenvalue weighted by Crippen LogP contribution is 2.25. The summed E-state index contributed by atoms with van der Waals surface area (Å²) in [4.78, 5) is 0. The molecule has 0 aromatic heterocycles. The van der Waals surface area contributed by atoms with Crippen molar-refractivity contribution in [3.63, 3.8) is 0 Å². The normalized spacial score (nSPS) is 12.6. The average molecular weight is 251 g/mol. The first kappa shape index (κ1) is 15.0. The van der Waals surface area contributed by atoms with Crippen LogP contribution in [-0.4, -0.2) is 28.5 Å². The summed E-state index contributed by atoms with van der Waals surface area (Å²) in [6.07, 6.45) is 0. The van der Waals surface area contributed by atoms with Gasteiger partial charge in [0.05, 0.1) is 11.2 Å². The maximum atomic E-state index is 10.1. The minimum atomic E-state index is -1.16. The molecule has 100 valence electrons. The molecule has 0 fully saturated rings. The molecule has 0 amide bonds. The minimum absolute atomic E-state index is 0.511. The van der Waals surface area contributed by atoms with Crippen LogP contribution < -0.4 is 11.2 Å². The van der Waals surface area contributed by atoms with Gasteiger partial charge in [-0.15, -0.1) is 0 Å². The van der Waals surface area contributed by atoms with Crippen LogP contribution in [0.25, 0.3) is 0 Å². The van der Waals surface area contributed by atoms with Gasteiger partial charge >= 0.3 is 7.12 Å². The number of nitrogens with two attached hydrogens (primary N) is 1. The van der Waals surface area contributed by atoms with Gasteiger partial charge in [0, 0.05) is 11.2 Å². The van der Waals surface area contributed by atoms with Crippen LogP contribution in [-0.2, 0) is 4.65 Å². The molecule has 0 atom stereocenters. The van der Waals surface area contributed by atoms with E-state index in [1.54, 1.807) is 33.8 Å². The monoisotopic (exact) mass is 251 g/mol. The number of benzene rings is 1. The lowest BCUT2D eigenvalue weighted by Gasteiger charge is -2.38. The van der Waals surface area contributed by atoms with Gasteiger partial charge in [-0.05, 0) is 40.2 Å². The Kier molecular flexibility index (Phi) is 4.10. The molecule has 0 heterocycles. The molecule has 1 rings (SSSR count). The molecular formula is C13H22BNO3. The Morgan fingerprint density at radius 3 is 2.28 bits per heavy atom. The SMILES string of the molecule is Cc1cccc(B(O)OC(C)(C)C(C)(C)O)c1N. The number of hydrogen-bond acceptors (Lipinski definition) is 4. The van der Waals surface area contributed by atoms with E-state index in [-0.39, 0.29) is 0 Å². The number of rotatable bonds is 4. The Hall–Kier alpha value is -1.04. The van der Waals surface area contributed by atoms with Gasteiger partial charge in [-0.25, -0.2) is 0 Å². The first-order valence-corrected chi connectivity index (χ1v) is 5.99. The fraction of sp³-hybridized carbons (Fsp3) is 0.538. The van der Waals surface area contributed by atoms with E-state index in [0.717, 1.165) is 5.56 Å². The summed E-state index contributed by atoms with van der Waals surface area (Å²) in [6.45, 7) is 8.59. The fourth-order valence-corrected chi connectivity index (χ4v) is 1.41. The van der Waals surface area contributed by atoms with Crippen molar-refractivity contribution >= 4 is 18.3 Å². The molecule has 0 unspecified atom stereocenters. The van der Waals surface area contributed by atoms with Crippen LogP contribution in [0.4, 0.5) is 5.69 Å². The van der Waals surface area contributed by atoms with Gasteiger partial charge in [0.2, 0.25) is 0 Å². The third-order valence-electron chi connectivity index (χ3n) is 3.50. The highest BCUT2D eigenvalue weighted by molar-refractivity contribution is 6.62. The van der Waals surface area contributed by atoms with E-state index in [1.165, 1.54) is 0 Å². The third kappa shape index (κ3) is 3.04. The summed E-state index contributed by atoms with van der Waals surface area (Å²) in [5.74, 6) is 0. The molecule has 0 radical (unpaired) electrons. The fourth-order valence-electron chi connectivity index (χ4n) is 1.41. The van der Waals surface area contributed by atoms with Crippen molar-refractivity contribution in [3.05, 3.63) is 23.8 Å². The lowest BCUT2D eigenvalue weighted by atomic mass is 9.75. The van der Waals surface area contributed by atoms with Crippen molar-refractivity contribution in [3.8, 4) is 0 Å². The second-order valence-corrected chi connectivity index (χ2v) is 5.62. The molecule has 0 aliphatic carbocycles. The average Bonchev–Trinajstić information content (AvgIpc) is 2.19. The zero-order chi connectivity index (χ0) is 14.1. The zero-order valence-electron chi connectivity index (χ0n) is 11.7. The minimum Gasteiger partial charge on any atom is -0.423 e. The summed E-state index contributed by atoms with van der Waals surface area (Å²) >= 11 is 0. The van der Waals surface area contributed by atoms with Crippen LogP contribution in [0.1, 0.15) is 33.3 Å². The van der Waals surface area contributed by atoms with Crippen LogP contribution in [0.15, 0.2) is 18.2 Å². The molecule has 1 aromatic rings. The molecule has 0 aliphatic heterocycles. The summed E-state index contributed by atoms with van der Waals surface area (Å²) in [7, 11) is -1.16. The maximum absolute atomic E-state index is 10.1. The molecule has 0 saturated heterocycles. The number of hydrogen-bond donors (Lipinski definition) is 3.